The highest BCUT2D eigenvalue weighted by molar-refractivity contribution is 6.42. The van der Waals surface area contributed by atoms with Crippen molar-refractivity contribution < 1.29 is 14.4 Å². The molecule has 0 radical (unpaired) electrons. The molecule has 0 bridgehead atoms. The Morgan fingerprint density at radius 1 is 1.26 bits per heavy atom. The first-order chi connectivity index (χ1) is 14.5. The standard InChI is InChI=1S/C23H31Cl2N3O3/c1-5-22(2,3)16-9-11-23(12-10-16)20(30)28(21(31)26-23)14-18(29)27(4)13-15-7-6-8-17(24)19(15)25/h6-8,16H,5,9-14H2,1-4H3,(H,26,31). The van der Waals surface area contributed by atoms with Crippen LogP contribution < -0.4 is 5.32 Å². The first kappa shape index (κ1) is 23.9. The van der Waals surface area contributed by atoms with Crippen molar-refractivity contribution in [2.75, 3.05) is 13.6 Å². The summed E-state index contributed by atoms with van der Waals surface area (Å²) in [5, 5.41) is 3.71. The molecular formula is C23H31Cl2N3O3. The van der Waals surface area contributed by atoms with Crippen LogP contribution in [0.2, 0.25) is 10.0 Å². The number of carbonyl (C=O) groups is 3. The van der Waals surface area contributed by atoms with E-state index < -0.39 is 11.6 Å². The van der Waals surface area contributed by atoms with Gasteiger partial charge in [0.2, 0.25) is 5.91 Å². The van der Waals surface area contributed by atoms with Gasteiger partial charge in [0.05, 0.1) is 10.0 Å². The summed E-state index contributed by atoms with van der Waals surface area (Å²) in [6.45, 7) is 6.66. The Bertz CT molecular complexity index is 879. The lowest BCUT2D eigenvalue weighted by molar-refractivity contribution is -0.139. The van der Waals surface area contributed by atoms with E-state index >= 15 is 0 Å². The zero-order chi connectivity index (χ0) is 23.0. The van der Waals surface area contributed by atoms with Crippen LogP contribution in [-0.2, 0) is 16.1 Å². The first-order valence-electron chi connectivity index (χ1n) is 10.8. The minimum absolute atomic E-state index is 0.216. The van der Waals surface area contributed by atoms with Gasteiger partial charge in [-0.1, -0.05) is 62.5 Å². The van der Waals surface area contributed by atoms with Crippen LogP contribution in [0.3, 0.4) is 0 Å². The van der Waals surface area contributed by atoms with Crippen molar-refractivity contribution in [3.63, 3.8) is 0 Å². The van der Waals surface area contributed by atoms with Gasteiger partial charge in [-0.15, -0.1) is 0 Å². The minimum atomic E-state index is -0.869. The van der Waals surface area contributed by atoms with Crippen LogP contribution in [0.4, 0.5) is 4.79 Å². The van der Waals surface area contributed by atoms with Gasteiger partial charge in [0.15, 0.2) is 0 Å². The number of hydrogen-bond donors (Lipinski definition) is 1. The van der Waals surface area contributed by atoms with Crippen LogP contribution in [0.15, 0.2) is 18.2 Å². The van der Waals surface area contributed by atoms with Gasteiger partial charge in [-0.3, -0.25) is 14.5 Å². The summed E-state index contributed by atoms with van der Waals surface area (Å²) >= 11 is 12.3. The lowest BCUT2D eigenvalue weighted by Crippen LogP contribution is -2.51. The molecule has 1 aromatic rings. The van der Waals surface area contributed by atoms with E-state index in [4.69, 9.17) is 23.2 Å². The highest BCUT2D eigenvalue weighted by Crippen LogP contribution is 2.45. The van der Waals surface area contributed by atoms with E-state index in [2.05, 4.69) is 26.1 Å². The Labute approximate surface area is 194 Å². The molecule has 0 atom stereocenters. The zero-order valence-electron chi connectivity index (χ0n) is 18.6. The average molecular weight is 468 g/mol. The van der Waals surface area contributed by atoms with Crippen molar-refractivity contribution >= 4 is 41.0 Å². The van der Waals surface area contributed by atoms with Gasteiger partial charge in [0.1, 0.15) is 12.1 Å². The summed E-state index contributed by atoms with van der Waals surface area (Å²) in [6.07, 6.45) is 4.09. The molecule has 3 rings (SSSR count). The van der Waals surface area contributed by atoms with E-state index in [0.717, 1.165) is 24.2 Å². The van der Waals surface area contributed by atoms with E-state index in [9.17, 15) is 14.4 Å². The maximum atomic E-state index is 13.2. The number of nitrogens with zero attached hydrogens (tertiary/aromatic N) is 2. The normalized spacial score (nSPS) is 23.9. The number of urea groups is 1. The summed E-state index contributed by atoms with van der Waals surface area (Å²) in [5.74, 6) is -0.0951. The number of benzene rings is 1. The number of rotatable bonds is 6. The molecule has 6 nitrogen and oxygen atoms in total. The van der Waals surface area contributed by atoms with Crippen LogP contribution in [0.25, 0.3) is 0 Å². The van der Waals surface area contributed by atoms with E-state index in [1.807, 2.05) is 0 Å². The smallest absolute Gasteiger partial charge is 0.325 e. The minimum Gasteiger partial charge on any atom is -0.340 e. The molecule has 4 amide bonds. The van der Waals surface area contributed by atoms with Crippen molar-refractivity contribution in [3.05, 3.63) is 33.8 Å². The Kier molecular flexibility index (Phi) is 6.92. The topological polar surface area (TPSA) is 69.7 Å². The van der Waals surface area contributed by atoms with Crippen LogP contribution in [0.1, 0.15) is 58.4 Å². The summed E-state index contributed by atoms with van der Waals surface area (Å²) in [6, 6.07) is 4.75. The molecule has 0 aromatic heterocycles. The largest absolute Gasteiger partial charge is 0.340 e. The van der Waals surface area contributed by atoms with E-state index in [1.54, 1.807) is 25.2 Å². The first-order valence-corrected chi connectivity index (χ1v) is 11.6. The van der Waals surface area contributed by atoms with Crippen LogP contribution in [-0.4, -0.2) is 46.8 Å². The van der Waals surface area contributed by atoms with Crippen molar-refractivity contribution in [3.8, 4) is 0 Å². The summed E-state index contributed by atoms with van der Waals surface area (Å²) in [4.78, 5) is 41.0. The molecule has 1 aromatic carbocycles. The molecule has 1 saturated heterocycles. The maximum Gasteiger partial charge on any atom is 0.325 e. The third-order valence-corrected chi connectivity index (χ3v) is 8.12. The lowest BCUT2D eigenvalue weighted by atomic mass is 9.65. The van der Waals surface area contributed by atoms with E-state index in [-0.39, 0.29) is 30.3 Å². The molecule has 0 unspecified atom stereocenters. The van der Waals surface area contributed by atoms with Gasteiger partial charge in [-0.25, -0.2) is 4.79 Å². The molecule has 2 fully saturated rings. The molecular weight excluding hydrogens is 437 g/mol. The number of amides is 4. The van der Waals surface area contributed by atoms with Crippen LogP contribution in [0.5, 0.6) is 0 Å². The second kappa shape index (κ2) is 8.99. The maximum absolute atomic E-state index is 13.2. The monoisotopic (exact) mass is 467 g/mol. The second-order valence-corrected chi connectivity index (χ2v) is 10.3. The average Bonchev–Trinajstić information content (AvgIpc) is 2.95. The van der Waals surface area contributed by atoms with Gasteiger partial charge in [0.25, 0.3) is 5.91 Å². The number of likely N-dealkylation sites (N-methyl/N-ethyl adjacent to an activating group) is 1. The van der Waals surface area contributed by atoms with Gasteiger partial charge < -0.3 is 10.2 Å². The Morgan fingerprint density at radius 2 is 1.90 bits per heavy atom. The molecule has 8 heteroatoms. The highest BCUT2D eigenvalue weighted by Gasteiger charge is 2.53. The van der Waals surface area contributed by atoms with Crippen molar-refractivity contribution in [2.24, 2.45) is 11.3 Å². The lowest BCUT2D eigenvalue weighted by Gasteiger charge is -2.42. The van der Waals surface area contributed by atoms with Crippen molar-refractivity contribution in [2.45, 2.75) is 65.0 Å². The quantitative estimate of drug-likeness (QED) is 0.606. The number of hydrogen-bond acceptors (Lipinski definition) is 3. The fourth-order valence-electron chi connectivity index (χ4n) is 4.61. The number of halogens is 2. The Morgan fingerprint density at radius 3 is 2.52 bits per heavy atom. The molecule has 1 aliphatic carbocycles. The zero-order valence-corrected chi connectivity index (χ0v) is 20.1. The fraction of sp³-hybridized carbons (Fsp3) is 0.609. The third kappa shape index (κ3) is 4.70. The molecule has 2 aliphatic rings. The number of carbonyl (C=O) groups excluding carboxylic acids is 3. The van der Waals surface area contributed by atoms with Gasteiger partial charge in [-0.05, 0) is 48.6 Å². The van der Waals surface area contributed by atoms with Crippen molar-refractivity contribution in [1.82, 2.24) is 15.1 Å². The number of nitrogens with one attached hydrogen (secondary N) is 1. The molecule has 1 saturated carbocycles. The van der Waals surface area contributed by atoms with E-state index in [0.29, 0.717) is 34.4 Å². The van der Waals surface area contributed by atoms with Gasteiger partial charge in [-0.2, -0.15) is 0 Å². The van der Waals surface area contributed by atoms with Crippen molar-refractivity contribution in [1.29, 1.82) is 0 Å². The molecule has 1 spiro atoms. The Balaban J connectivity index is 1.64. The predicted molar refractivity (Wildman–Crippen MR) is 122 cm³/mol. The fourth-order valence-corrected chi connectivity index (χ4v) is 4.99. The number of imide groups is 1. The summed E-state index contributed by atoms with van der Waals surface area (Å²) < 4.78 is 0. The molecule has 31 heavy (non-hydrogen) atoms. The van der Waals surface area contributed by atoms with E-state index in [1.165, 1.54) is 4.90 Å². The predicted octanol–water partition coefficient (Wildman–Crippen LogP) is 4.87. The third-order valence-electron chi connectivity index (χ3n) is 7.26. The second-order valence-electron chi connectivity index (χ2n) is 9.48. The highest BCUT2D eigenvalue weighted by atomic mass is 35.5. The molecule has 1 N–H and O–H groups in total. The SMILES string of the molecule is CCC(C)(C)C1CCC2(CC1)NC(=O)N(CC(=O)N(C)Cc1cccc(Cl)c1Cl)C2=O. The van der Waals surface area contributed by atoms with Crippen LogP contribution >= 0.6 is 23.2 Å². The van der Waals surface area contributed by atoms with Gasteiger partial charge >= 0.3 is 6.03 Å². The molecule has 1 heterocycles. The van der Waals surface area contributed by atoms with Crippen LogP contribution in [0, 0.1) is 11.3 Å². The molecule has 1 aliphatic heterocycles. The Hall–Kier alpha value is -1.79. The summed E-state index contributed by atoms with van der Waals surface area (Å²) in [5.41, 5.74) is 0.0512. The summed E-state index contributed by atoms with van der Waals surface area (Å²) in [7, 11) is 1.62. The molecule has 170 valence electrons. The van der Waals surface area contributed by atoms with Gasteiger partial charge in [0, 0.05) is 13.6 Å².